The first-order valence-corrected chi connectivity index (χ1v) is 11.1. The van der Waals surface area contributed by atoms with Crippen LogP contribution in [-0.4, -0.2) is 37.8 Å². The van der Waals surface area contributed by atoms with Gasteiger partial charge in [-0.3, -0.25) is 10.0 Å². The van der Waals surface area contributed by atoms with Crippen molar-refractivity contribution in [1.82, 2.24) is 15.3 Å². The molecule has 2 aromatic carbocycles. The van der Waals surface area contributed by atoms with Gasteiger partial charge in [-0.1, -0.05) is 16.4 Å². The summed E-state index contributed by atoms with van der Waals surface area (Å²) in [6, 6.07) is 9.16. The van der Waals surface area contributed by atoms with E-state index in [1.807, 2.05) is 0 Å². The van der Waals surface area contributed by atoms with Crippen LogP contribution in [0.15, 0.2) is 47.4 Å². The number of carbonyl (C=O) groups excluding carboxylic acids is 1. The number of nitrogens with one attached hydrogen (secondary N) is 2. The maximum absolute atomic E-state index is 14.4. The third kappa shape index (κ3) is 5.89. The van der Waals surface area contributed by atoms with E-state index in [0.717, 1.165) is 44.1 Å². The number of rotatable bonds is 7. The van der Waals surface area contributed by atoms with Crippen LogP contribution in [0.2, 0.25) is 5.02 Å². The van der Waals surface area contributed by atoms with Crippen molar-refractivity contribution in [2.45, 2.75) is 24.2 Å². The number of piperidine rings is 1. The molecule has 0 bridgehead atoms. The van der Waals surface area contributed by atoms with Crippen molar-refractivity contribution in [2.75, 3.05) is 13.1 Å². The summed E-state index contributed by atoms with van der Waals surface area (Å²) in [5, 5.41) is 13.4. The highest BCUT2D eigenvalue weighted by Gasteiger charge is 2.25. The van der Waals surface area contributed by atoms with Gasteiger partial charge in [-0.25, -0.2) is 12.8 Å². The number of halogens is 2. The number of hydroxylamine groups is 1. The molecule has 0 radical (unpaired) electrons. The van der Waals surface area contributed by atoms with Crippen LogP contribution in [0.4, 0.5) is 4.39 Å². The van der Waals surface area contributed by atoms with Gasteiger partial charge in [0.25, 0.3) is 15.9 Å². The van der Waals surface area contributed by atoms with Crippen molar-refractivity contribution in [3.8, 4) is 11.5 Å². The van der Waals surface area contributed by atoms with Crippen LogP contribution in [0.5, 0.6) is 11.5 Å². The molecule has 11 heteroatoms. The second-order valence-corrected chi connectivity index (χ2v) is 8.94. The van der Waals surface area contributed by atoms with Crippen LogP contribution in [0.1, 0.15) is 19.3 Å². The predicted octanol–water partition coefficient (Wildman–Crippen LogP) is 3.07. The smallest absolute Gasteiger partial charge is 0.262 e. The Labute approximate surface area is 178 Å². The average molecular weight is 458 g/mol. The van der Waals surface area contributed by atoms with Crippen molar-refractivity contribution < 1.29 is 27.5 Å². The maximum Gasteiger partial charge on any atom is 0.262 e. The second kappa shape index (κ2) is 9.71. The van der Waals surface area contributed by atoms with Gasteiger partial charge in [0.2, 0.25) is 0 Å². The third-order valence-corrected chi connectivity index (χ3v) is 6.16. The van der Waals surface area contributed by atoms with Crippen LogP contribution in [0.25, 0.3) is 0 Å². The standard InChI is InChI=1S/C19H21ClFN3O5S/c20-14-1-3-15(4-2-14)29-18-6-5-16(12-17(18)21)30(27,28)23-24(26)19(25)11-13-7-9-22-10-8-13/h1-6,12-13,22-23,26H,7-11H2. The first-order valence-electron chi connectivity index (χ1n) is 9.22. The normalized spacial score (nSPS) is 15.0. The number of sulfonamides is 1. The van der Waals surface area contributed by atoms with Gasteiger partial charge in [0.1, 0.15) is 5.75 Å². The molecule has 1 aliphatic heterocycles. The summed E-state index contributed by atoms with van der Waals surface area (Å²) in [4.78, 5) is 13.4. The van der Waals surface area contributed by atoms with Gasteiger partial charge in [-0.2, -0.15) is 0 Å². The molecule has 3 N–H and O–H groups in total. The van der Waals surface area contributed by atoms with E-state index in [-0.39, 0.29) is 23.3 Å². The molecule has 0 unspecified atom stereocenters. The van der Waals surface area contributed by atoms with E-state index < -0.39 is 26.6 Å². The molecule has 8 nitrogen and oxygen atoms in total. The van der Waals surface area contributed by atoms with Gasteiger partial charge in [0.15, 0.2) is 11.6 Å². The highest BCUT2D eigenvalue weighted by Crippen LogP contribution is 2.27. The quantitative estimate of drug-likeness (QED) is 0.435. The number of benzene rings is 2. The monoisotopic (exact) mass is 457 g/mol. The molecule has 1 aliphatic rings. The summed E-state index contributed by atoms with van der Waals surface area (Å²) < 4.78 is 44.5. The second-order valence-electron chi connectivity index (χ2n) is 6.85. The van der Waals surface area contributed by atoms with E-state index in [9.17, 15) is 22.8 Å². The van der Waals surface area contributed by atoms with Crippen molar-refractivity contribution >= 4 is 27.5 Å². The summed E-state index contributed by atoms with van der Waals surface area (Å²) in [6.07, 6.45) is 1.52. The highest BCUT2D eigenvalue weighted by atomic mass is 35.5. The molecule has 1 saturated heterocycles. The number of amides is 1. The molecule has 0 aromatic heterocycles. The molecule has 30 heavy (non-hydrogen) atoms. The first-order chi connectivity index (χ1) is 14.2. The zero-order valence-electron chi connectivity index (χ0n) is 15.8. The van der Waals surface area contributed by atoms with Crippen LogP contribution in [0, 0.1) is 11.7 Å². The summed E-state index contributed by atoms with van der Waals surface area (Å²) >= 11 is 5.78. The summed E-state index contributed by atoms with van der Waals surface area (Å²) in [5.74, 6) is -1.54. The predicted molar refractivity (Wildman–Crippen MR) is 107 cm³/mol. The molecular formula is C19H21ClFN3O5S. The lowest BCUT2D eigenvalue weighted by molar-refractivity contribution is -0.173. The van der Waals surface area contributed by atoms with E-state index in [2.05, 4.69) is 5.32 Å². The zero-order chi connectivity index (χ0) is 21.7. The average Bonchev–Trinajstić information content (AvgIpc) is 2.71. The van der Waals surface area contributed by atoms with Gasteiger partial charge in [-0.15, -0.1) is 5.17 Å². The minimum absolute atomic E-state index is 0.00291. The summed E-state index contributed by atoms with van der Waals surface area (Å²) in [6.45, 7) is 1.53. The van der Waals surface area contributed by atoms with E-state index in [1.54, 1.807) is 17.0 Å². The van der Waals surface area contributed by atoms with Crippen molar-refractivity contribution in [2.24, 2.45) is 5.92 Å². The Hall–Kier alpha value is -2.24. The van der Waals surface area contributed by atoms with Gasteiger partial charge < -0.3 is 10.1 Å². The van der Waals surface area contributed by atoms with Crippen LogP contribution >= 0.6 is 11.6 Å². The molecule has 1 amide bonds. The molecule has 1 fully saturated rings. The SMILES string of the molecule is O=C(CC1CCNCC1)N(O)NS(=O)(=O)c1ccc(Oc2ccc(Cl)cc2)c(F)c1. The van der Waals surface area contributed by atoms with Crippen LogP contribution in [-0.2, 0) is 14.8 Å². The first kappa shape index (κ1) is 22.4. The number of ether oxygens (including phenoxy) is 1. The van der Waals surface area contributed by atoms with Crippen molar-refractivity contribution in [3.63, 3.8) is 0 Å². The summed E-state index contributed by atoms with van der Waals surface area (Å²) in [5.41, 5.74) is 0. The molecule has 2 aromatic rings. The minimum atomic E-state index is -4.38. The Morgan fingerprint density at radius 2 is 1.90 bits per heavy atom. The van der Waals surface area contributed by atoms with Crippen molar-refractivity contribution in [1.29, 1.82) is 0 Å². The summed E-state index contributed by atoms with van der Waals surface area (Å²) in [7, 11) is -4.38. The minimum Gasteiger partial charge on any atom is -0.454 e. The van der Waals surface area contributed by atoms with E-state index in [1.165, 1.54) is 12.1 Å². The molecule has 0 atom stereocenters. The van der Waals surface area contributed by atoms with Crippen LogP contribution in [0.3, 0.4) is 0 Å². The van der Waals surface area contributed by atoms with Crippen molar-refractivity contribution in [3.05, 3.63) is 53.3 Å². The molecule has 0 saturated carbocycles. The molecule has 1 heterocycles. The third-order valence-electron chi connectivity index (χ3n) is 4.62. The van der Waals surface area contributed by atoms with Gasteiger partial charge >= 0.3 is 0 Å². The fourth-order valence-electron chi connectivity index (χ4n) is 3.00. The van der Waals surface area contributed by atoms with Gasteiger partial charge in [0.05, 0.1) is 4.90 Å². The molecule has 0 spiro atoms. The zero-order valence-corrected chi connectivity index (χ0v) is 17.4. The molecular weight excluding hydrogens is 437 g/mol. The lowest BCUT2D eigenvalue weighted by Crippen LogP contribution is -2.44. The Morgan fingerprint density at radius 1 is 1.23 bits per heavy atom. The number of carbonyl (C=O) groups is 1. The lowest BCUT2D eigenvalue weighted by atomic mass is 9.94. The number of hydrogen-bond donors (Lipinski definition) is 3. The molecule has 3 rings (SSSR count). The number of hydrogen-bond acceptors (Lipinski definition) is 6. The van der Waals surface area contributed by atoms with E-state index in [4.69, 9.17) is 16.3 Å². The maximum atomic E-state index is 14.4. The Morgan fingerprint density at radius 3 is 2.53 bits per heavy atom. The molecule has 162 valence electrons. The highest BCUT2D eigenvalue weighted by molar-refractivity contribution is 7.89. The topological polar surface area (TPSA) is 108 Å². The van der Waals surface area contributed by atoms with Gasteiger partial charge in [0, 0.05) is 11.4 Å². The Balaban J connectivity index is 1.65. The molecule has 0 aliphatic carbocycles. The lowest BCUT2D eigenvalue weighted by Gasteiger charge is -2.24. The fourth-order valence-corrected chi connectivity index (χ4v) is 4.06. The van der Waals surface area contributed by atoms with Gasteiger partial charge in [-0.05, 0) is 74.3 Å². The van der Waals surface area contributed by atoms with Crippen LogP contribution < -0.4 is 14.9 Å². The Bertz CT molecular complexity index is 998. The largest absolute Gasteiger partial charge is 0.454 e. The van der Waals surface area contributed by atoms with E-state index in [0.29, 0.717) is 10.8 Å². The number of nitrogens with zero attached hydrogens (tertiary/aromatic N) is 1. The fraction of sp³-hybridized carbons (Fsp3) is 0.316. The number of hydrazine groups is 1. The van der Waals surface area contributed by atoms with E-state index >= 15 is 0 Å². The Kier molecular flexibility index (Phi) is 7.27.